The topological polar surface area (TPSA) is 56.5 Å². The highest BCUT2D eigenvalue weighted by molar-refractivity contribution is 5.47. The molecule has 150 valence electrons. The van der Waals surface area contributed by atoms with E-state index in [9.17, 15) is 0 Å². The Morgan fingerprint density at radius 2 is 1.38 bits per heavy atom. The average molecular weight is 365 g/mol. The molecule has 0 aliphatic rings. The van der Waals surface area contributed by atoms with Gasteiger partial charge in [-0.3, -0.25) is 0 Å². The first kappa shape index (κ1) is 22.8. The minimum absolute atomic E-state index is 0.0532. The Labute approximate surface area is 160 Å². The molecule has 0 aromatic heterocycles. The minimum atomic E-state index is 0.0532. The molecule has 1 unspecified atom stereocenters. The molecule has 0 amide bonds. The maximum atomic E-state index is 6.12. The van der Waals surface area contributed by atoms with E-state index in [0.717, 1.165) is 49.7 Å². The van der Waals surface area contributed by atoms with Gasteiger partial charge in [0, 0.05) is 6.54 Å². The summed E-state index contributed by atoms with van der Waals surface area (Å²) in [6.45, 7) is 9.43. The lowest BCUT2D eigenvalue weighted by Gasteiger charge is -2.23. The van der Waals surface area contributed by atoms with Crippen LogP contribution in [0.1, 0.15) is 83.7 Å². The van der Waals surface area contributed by atoms with Gasteiger partial charge in [-0.1, -0.05) is 65.4 Å². The first-order valence-electron chi connectivity index (χ1n) is 10.6. The monoisotopic (exact) mass is 364 g/mol. The second kappa shape index (κ2) is 14.9. The summed E-state index contributed by atoms with van der Waals surface area (Å²) in [4.78, 5) is 0. The number of benzene rings is 1. The standard InChI is InChI=1S/C22H40N2O2/c1-4-7-9-11-16-25-20-14-13-15-21(26-17-12-10-8-5-2)22(20)19(18-23)24-6-3/h13-15,19,24H,4-12,16-18,23H2,1-3H3. The van der Waals surface area contributed by atoms with Gasteiger partial charge in [-0.2, -0.15) is 0 Å². The SMILES string of the molecule is CCCCCCOc1cccc(OCCCCCC)c1C(CN)NCC. The fraction of sp³-hybridized carbons (Fsp3) is 0.727. The summed E-state index contributed by atoms with van der Waals surface area (Å²) in [6, 6.07) is 6.15. The molecular formula is C22H40N2O2. The number of nitrogens with one attached hydrogen (secondary N) is 1. The van der Waals surface area contributed by atoms with Gasteiger partial charge in [-0.15, -0.1) is 0 Å². The van der Waals surface area contributed by atoms with Crippen LogP contribution < -0.4 is 20.5 Å². The van der Waals surface area contributed by atoms with Crippen molar-refractivity contribution in [1.29, 1.82) is 0 Å². The van der Waals surface area contributed by atoms with Crippen molar-refractivity contribution in [1.82, 2.24) is 5.32 Å². The Balaban J connectivity index is 2.80. The molecular weight excluding hydrogens is 324 g/mol. The van der Waals surface area contributed by atoms with Crippen LogP contribution in [0.3, 0.4) is 0 Å². The molecule has 0 bridgehead atoms. The van der Waals surface area contributed by atoms with Gasteiger partial charge in [-0.25, -0.2) is 0 Å². The highest BCUT2D eigenvalue weighted by Crippen LogP contribution is 2.34. The molecule has 1 aromatic carbocycles. The number of rotatable bonds is 16. The van der Waals surface area contributed by atoms with E-state index in [1.807, 2.05) is 18.2 Å². The Kier molecular flexibility index (Phi) is 13.0. The Morgan fingerprint density at radius 1 is 0.846 bits per heavy atom. The second-order valence-electron chi connectivity index (χ2n) is 6.83. The highest BCUT2D eigenvalue weighted by Gasteiger charge is 2.19. The minimum Gasteiger partial charge on any atom is -0.493 e. The van der Waals surface area contributed by atoms with Gasteiger partial charge in [0.25, 0.3) is 0 Å². The van der Waals surface area contributed by atoms with Crippen LogP contribution in [0, 0.1) is 0 Å². The lowest BCUT2D eigenvalue weighted by Crippen LogP contribution is -2.29. The van der Waals surface area contributed by atoms with Crippen LogP contribution in [-0.2, 0) is 0 Å². The molecule has 0 fully saturated rings. The first-order valence-corrected chi connectivity index (χ1v) is 10.6. The summed E-state index contributed by atoms with van der Waals surface area (Å²) in [5.41, 5.74) is 7.12. The van der Waals surface area contributed by atoms with Crippen molar-refractivity contribution in [3.05, 3.63) is 23.8 Å². The number of hydrogen-bond donors (Lipinski definition) is 2. The Bertz CT molecular complexity index is 433. The normalized spacial score (nSPS) is 12.2. The summed E-state index contributed by atoms with van der Waals surface area (Å²) in [5, 5.41) is 3.47. The molecule has 0 aliphatic carbocycles. The fourth-order valence-corrected chi connectivity index (χ4v) is 3.09. The van der Waals surface area contributed by atoms with Crippen molar-refractivity contribution in [2.75, 3.05) is 26.3 Å². The van der Waals surface area contributed by atoms with Crippen LogP contribution in [0.25, 0.3) is 0 Å². The lowest BCUT2D eigenvalue weighted by molar-refractivity contribution is 0.279. The molecule has 4 heteroatoms. The fourth-order valence-electron chi connectivity index (χ4n) is 3.09. The average Bonchev–Trinajstić information content (AvgIpc) is 2.66. The third-order valence-corrected chi connectivity index (χ3v) is 4.57. The molecule has 0 saturated heterocycles. The van der Waals surface area contributed by atoms with E-state index in [1.165, 1.54) is 38.5 Å². The molecule has 1 atom stereocenters. The zero-order chi connectivity index (χ0) is 19.0. The predicted molar refractivity (Wildman–Crippen MR) is 111 cm³/mol. The van der Waals surface area contributed by atoms with Crippen LogP contribution in [-0.4, -0.2) is 26.3 Å². The number of unbranched alkanes of at least 4 members (excludes halogenated alkanes) is 6. The van der Waals surface area contributed by atoms with E-state index in [-0.39, 0.29) is 6.04 Å². The summed E-state index contributed by atoms with van der Waals surface area (Å²) >= 11 is 0. The smallest absolute Gasteiger partial charge is 0.127 e. The first-order chi connectivity index (χ1) is 12.8. The number of nitrogens with two attached hydrogens (primary N) is 1. The quantitative estimate of drug-likeness (QED) is 0.395. The van der Waals surface area contributed by atoms with E-state index in [0.29, 0.717) is 6.54 Å². The second-order valence-corrected chi connectivity index (χ2v) is 6.83. The van der Waals surface area contributed by atoms with Gasteiger partial charge in [-0.05, 0) is 31.5 Å². The molecule has 0 aliphatic heterocycles. The van der Waals surface area contributed by atoms with Gasteiger partial charge in [0.1, 0.15) is 11.5 Å². The zero-order valence-corrected chi connectivity index (χ0v) is 17.2. The third kappa shape index (κ3) is 8.41. The summed E-state index contributed by atoms with van der Waals surface area (Å²) in [6.07, 6.45) is 9.61. The maximum absolute atomic E-state index is 6.12. The van der Waals surface area contributed by atoms with Gasteiger partial charge in [0.15, 0.2) is 0 Å². The number of ether oxygens (including phenoxy) is 2. The van der Waals surface area contributed by atoms with Crippen LogP contribution in [0.4, 0.5) is 0 Å². The summed E-state index contributed by atoms with van der Waals surface area (Å²) < 4.78 is 12.2. The largest absolute Gasteiger partial charge is 0.493 e. The van der Waals surface area contributed by atoms with Gasteiger partial charge in [0.2, 0.25) is 0 Å². The molecule has 0 heterocycles. The molecule has 26 heavy (non-hydrogen) atoms. The highest BCUT2D eigenvalue weighted by atomic mass is 16.5. The van der Waals surface area contributed by atoms with Crippen molar-refractivity contribution in [2.45, 2.75) is 78.2 Å². The molecule has 0 radical (unpaired) electrons. The van der Waals surface area contributed by atoms with Crippen LogP contribution in [0.2, 0.25) is 0 Å². The van der Waals surface area contributed by atoms with E-state index in [1.54, 1.807) is 0 Å². The zero-order valence-electron chi connectivity index (χ0n) is 17.2. The molecule has 0 saturated carbocycles. The van der Waals surface area contributed by atoms with Crippen molar-refractivity contribution in [3.8, 4) is 11.5 Å². The van der Waals surface area contributed by atoms with Gasteiger partial charge in [0.05, 0.1) is 24.8 Å². The molecule has 4 nitrogen and oxygen atoms in total. The van der Waals surface area contributed by atoms with Gasteiger partial charge < -0.3 is 20.5 Å². The third-order valence-electron chi connectivity index (χ3n) is 4.57. The van der Waals surface area contributed by atoms with E-state index < -0.39 is 0 Å². The molecule has 1 aromatic rings. The van der Waals surface area contributed by atoms with Crippen LogP contribution >= 0.6 is 0 Å². The number of hydrogen-bond acceptors (Lipinski definition) is 4. The predicted octanol–water partition coefficient (Wildman–Crippen LogP) is 5.21. The molecule has 0 spiro atoms. The van der Waals surface area contributed by atoms with Gasteiger partial charge >= 0.3 is 0 Å². The maximum Gasteiger partial charge on any atom is 0.127 e. The van der Waals surface area contributed by atoms with Crippen molar-refractivity contribution < 1.29 is 9.47 Å². The van der Waals surface area contributed by atoms with Crippen molar-refractivity contribution >= 4 is 0 Å². The van der Waals surface area contributed by atoms with E-state index >= 15 is 0 Å². The molecule has 3 N–H and O–H groups in total. The van der Waals surface area contributed by atoms with E-state index in [2.05, 4.69) is 26.1 Å². The Hall–Kier alpha value is -1.26. The van der Waals surface area contributed by atoms with Crippen LogP contribution in [0.5, 0.6) is 11.5 Å². The molecule has 1 rings (SSSR count). The van der Waals surface area contributed by atoms with Crippen molar-refractivity contribution in [2.24, 2.45) is 5.73 Å². The lowest BCUT2D eigenvalue weighted by atomic mass is 10.0. The van der Waals surface area contributed by atoms with Crippen molar-refractivity contribution in [3.63, 3.8) is 0 Å². The number of likely N-dealkylation sites (N-methyl/N-ethyl adjacent to an activating group) is 1. The summed E-state index contributed by atoms with van der Waals surface area (Å²) in [5.74, 6) is 1.81. The van der Waals surface area contributed by atoms with E-state index in [4.69, 9.17) is 15.2 Å². The van der Waals surface area contributed by atoms with Crippen LogP contribution in [0.15, 0.2) is 18.2 Å². The Morgan fingerprint density at radius 3 is 1.81 bits per heavy atom. The summed E-state index contributed by atoms with van der Waals surface area (Å²) in [7, 11) is 0.